The third-order valence-corrected chi connectivity index (χ3v) is 1.39. The topological polar surface area (TPSA) is 17.1 Å². The first-order valence-electron chi connectivity index (χ1n) is 3.15. The zero-order valence-corrected chi connectivity index (χ0v) is 5.88. The first-order valence-corrected chi connectivity index (χ1v) is 3.15. The van der Waals surface area contributed by atoms with Gasteiger partial charge in [0.25, 0.3) is 0 Å². The molecule has 0 aliphatic carbocycles. The van der Waals surface area contributed by atoms with E-state index in [1.807, 2.05) is 0 Å². The van der Waals surface area contributed by atoms with Crippen molar-refractivity contribution in [3.05, 3.63) is 41.7 Å². The quantitative estimate of drug-likeness (QED) is 0.591. The Balaban J connectivity index is 3.18. The molecular formula is C9H7FO. The molecule has 11 heavy (non-hydrogen) atoms. The van der Waals surface area contributed by atoms with Gasteiger partial charge in [0.15, 0.2) is 6.29 Å². The smallest absolute Gasteiger partial charge is 0.152 e. The minimum atomic E-state index is -0.502. The first-order chi connectivity index (χ1) is 5.27. The summed E-state index contributed by atoms with van der Waals surface area (Å²) in [7, 11) is 0. The Kier molecular flexibility index (Phi) is 2.16. The van der Waals surface area contributed by atoms with Gasteiger partial charge in [0.1, 0.15) is 5.82 Å². The molecule has 0 amide bonds. The molecule has 1 rings (SSSR count). The predicted octanol–water partition coefficient (Wildman–Crippen LogP) is 2.28. The van der Waals surface area contributed by atoms with Crippen LogP contribution in [0.2, 0.25) is 0 Å². The highest BCUT2D eigenvalue weighted by Gasteiger charge is 1.98. The molecule has 0 fully saturated rings. The SMILES string of the molecule is C=Cc1ccc(C=O)c(F)c1. The minimum absolute atomic E-state index is 0.0793. The molecule has 1 aromatic rings. The Morgan fingerprint density at radius 2 is 2.18 bits per heavy atom. The summed E-state index contributed by atoms with van der Waals surface area (Å²) in [4.78, 5) is 10.2. The Morgan fingerprint density at radius 1 is 1.45 bits per heavy atom. The highest BCUT2D eigenvalue weighted by atomic mass is 19.1. The summed E-state index contributed by atoms with van der Waals surface area (Å²) in [6.45, 7) is 3.47. The Hall–Kier alpha value is -1.44. The predicted molar refractivity (Wildman–Crippen MR) is 41.9 cm³/mol. The van der Waals surface area contributed by atoms with Crippen LogP contribution in [0.3, 0.4) is 0 Å². The number of carbonyl (C=O) groups is 1. The lowest BCUT2D eigenvalue weighted by molar-refractivity contribution is 0.112. The molecular weight excluding hydrogens is 143 g/mol. The fraction of sp³-hybridized carbons (Fsp3) is 0. The van der Waals surface area contributed by atoms with E-state index in [-0.39, 0.29) is 5.56 Å². The summed E-state index contributed by atoms with van der Waals surface area (Å²) in [5, 5.41) is 0. The summed E-state index contributed by atoms with van der Waals surface area (Å²) >= 11 is 0. The van der Waals surface area contributed by atoms with E-state index in [9.17, 15) is 9.18 Å². The molecule has 56 valence electrons. The average molecular weight is 150 g/mol. The van der Waals surface area contributed by atoms with Gasteiger partial charge in [0.05, 0.1) is 5.56 Å². The van der Waals surface area contributed by atoms with Crippen LogP contribution in [0.1, 0.15) is 15.9 Å². The molecule has 0 aromatic heterocycles. The third kappa shape index (κ3) is 1.52. The van der Waals surface area contributed by atoms with Gasteiger partial charge < -0.3 is 0 Å². The second-order valence-corrected chi connectivity index (χ2v) is 2.10. The normalized spacial score (nSPS) is 9.18. The second-order valence-electron chi connectivity index (χ2n) is 2.10. The lowest BCUT2D eigenvalue weighted by atomic mass is 10.1. The van der Waals surface area contributed by atoms with Gasteiger partial charge in [0, 0.05) is 0 Å². The number of rotatable bonds is 2. The van der Waals surface area contributed by atoms with E-state index >= 15 is 0 Å². The fourth-order valence-electron chi connectivity index (χ4n) is 0.766. The van der Waals surface area contributed by atoms with E-state index in [2.05, 4.69) is 6.58 Å². The molecule has 0 aliphatic rings. The van der Waals surface area contributed by atoms with Crippen molar-refractivity contribution >= 4 is 12.4 Å². The van der Waals surface area contributed by atoms with E-state index in [1.165, 1.54) is 18.2 Å². The lowest BCUT2D eigenvalue weighted by Crippen LogP contribution is -1.86. The number of carbonyl (C=O) groups excluding carboxylic acids is 1. The number of halogens is 1. The summed E-state index contributed by atoms with van der Waals surface area (Å²) in [6.07, 6.45) is 2.01. The van der Waals surface area contributed by atoms with Crippen molar-refractivity contribution in [1.29, 1.82) is 0 Å². The van der Waals surface area contributed by atoms with Crippen LogP contribution in [0, 0.1) is 5.82 Å². The summed E-state index contributed by atoms with van der Waals surface area (Å²) in [5.41, 5.74) is 0.753. The van der Waals surface area contributed by atoms with Crippen molar-refractivity contribution in [1.82, 2.24) is 0 Å². The van der Waals surface area contributed by atoms with E-state index in [4.69, 9.17) is 0 Å². The second kappa shape index (κ2) is 3.10. The first kappa shape index (κ1) is 7.66. The van der Waals surface area contributed by atoms with Crippen LogP contribution < -0.4 is 0 Å². The van der Waals surface area contributed by atoms with Gasteiger partial charge in [-0.25, -0.2) is 4.39 Å². The molecule has 0 aliphatic heterocycles. The van der Waals surface area contributed by atoms with Gasteiger partial charge in [-0.05, 0) is 17.7 Å². The van der Waals surface area contributed by atoms with Crippen LogP contribution in [0.15, 0.2) is 24.8 Å². The van der Waals surface area contributed by atoms with Crippen molar-refractivity contribution in [2.24, 2.45) is 0 Å². The number of aldehydes is 1. The van der Waals surface area contributed by atoms with Gasteiger partial charge in [0.2, 0.25) is 0 Å². The van der Waals surface area contributed by atoms with Gasteiger partial charge in [-0.3, -0.25) is 4.79 Å². The van der Waals surface area contributed by atoms with Crippen LogP contribution in [-0.4, -0.2) is 6.29 Å². The fourth-order valence-corrected chi connectivity index (χ4v) is 0.766. The zero-order chi connectivity index (χ0) is 8.27. The van der Waals surface area contributed by atoms with Gasteiger partial charge >= 0.3 is 0 Å². The zero-order valence-electron chi connectivity index (χ0n) is 5.88. The van der Waals surface area contributed by atoms with Gasteiger partial charge in [-0.2, -0.15) is 0 Å². The molecule has 0 bridgehead atoms. The number of hydrogen-bond donors (Lipinski definition) is 0. The summed E-state index contributed by atoms with van der Waals surface area (Å²) in [6, 6.07) is 4.34. The monoisotopic (exact) mass is 150 g/mol. The molecule has 0 saturated carbocycles. The van der Waals surface area contributed by atoms with E-state index < -0.39 is 5.82 Å². The van der Waals surface area contributed by atoms with Crippen molar-refractivity contribution in [2.75, 3.05) is 0 Å². The summed E-state index contributed by atoms with van der Waals surface area (Å²) < 4.78 is 12.8. The number of benzene rings is 1. The van der Waals surface area contributed by atoms with E-state index in [0.717, 1.165) is 0 Å². The maximum absolute atomic E-state index is 12.8. The maximum atomic E-state index is 12.8. The van der Waals surface area contributed by atoms with Crippen molar-refractivity contribution in [3.8, 4) is 0 Å². The van der Waals surface area contributed by atoms with Crippen LogP contribution in [-0.2, 0) is 0 Å². The molecule has 0 N–H and O–H groups in total. The van der Waals surface area contributed by atoms with Crippen molar-refractivity contribution in [2.45, 2.75) is 0 Å². The number of hydrogen-bond acceptors (Lipinski definition) is 1. The largest absolute Gasteiger partial charge is 0.298 e. The molecule has 0 spiro atoms. The van der Waals surface area contributed by atoms with E-state index in [1.54, 1.807) is 6.07 Å². The van der Waals surface area contributed by atoms with Crippen molar-refractivity contribution < 1.29 is 9.18 Å². The van der Waals surface area contributed by atoms with Gasteiger partial charge in [-0.1, -0.05) is 18.7 Å². The Morgan fingerprint density at radius 3 is 2.64 bits per heavy atom. The minimum Gasteiger partial charge on any atom is -0.298 e. The lowest BCUT2D eigenvalue weighted by Gasteiger charge is -1.95. The van der Waals surface area contributed by atoms with Crippen LogP contribution >= 0.6 is 0 Å². The molecule has 1 aromatic carbocycles. The molecule has 0 saturated heterocycles. The Bertz CT molecular complexity index is 292. The van der Waals surface area contributed by atoms with Crippen LogP contribution in [0.4, 0.5) is 4.39 Å². The molecule has 1 nitrogen and oxygen atoms in total. The maximum Gasteiger partial charge on any atom is 0.152 e. The Labute approximate surface area is 64.2 Å². The molecule has 0 unspecified atom stereocenters. The molecule has 2 heteroatoms. The average Bonchev–Trinajstić information content (AvgIpc) is 2.04. The molecule has 0 atom stereocenters. The highest BCUT2D eigenvalue weighted by molar-refractivity contribution is 5.75. The van der Waals surface area contributed by atoms with E-state index in [0.29, 0.717) is 11.8 Å². The van der Waals surface area contributed by atoms with Crippen LogP contribution in [0.25, 0.3) is 6.08 Å². The van der Waals surface area contributed by atoms with Gasteiger partial charge in [-0.15, -0.1) is 0 Å². The van der Waals surface area contributed by atoms with Crippen LogP contribution in [0.5, 0.6) is 0 Å². The standard InChI is InChI=1S/C9H7FO/c1-2-7-3-4-8(6-11)9(10)5-7/h2-6H,1H2. The molecule has 0 radical (unpaired) electrons. The third-order valence-electron chi connectivity index (χ3n) is 1.39. The molecule has 0 heterocycles. The highest BCUT2D eigenvalue weighted by Crippen LogP contribution is 2.08. The summed E-state index contributed by atoms with van der Waals surface area (Å²) in [5.74, 6) is -0.502. The van der Waals surface area contributed by atoms with Crippen molar-refractivity contribution in [3.63, 3.8) is 0 Å².